The summed E-state index contributed by atoms with van der Waals surface area (Å²) in [5.41, 5.74) is 5.04. The van der Waals surface area contributed by atoms with Crippen molar-refractivity contribution in [3.63, 3.8) is 0 Å². The Balaban J connectivity index is 1.46. The summed E-state index contributed by atoms with van der Waals surface area (Å²) < 4.78 is 11.1. The van der Waals surface area contributed by atoms with E-state index < -0.39 is 23.9 Å². The van der Waals surface area contributed by atoms with Gasteiger partial charge in [0.15, 0.2) is 0 Å². The van der Waals surface area contributed by atoms with Gasteiger partial charge in [0.25, 0.3) is 0 Å². The molecule has 1 spiro atoms. The standard InChI is InChI=1S/C48H70N2O7/c1-33-13-14-39(26-36-10-8-11-37(25-36)27-46(4,50-29-33)21-24-56-6)34(2)9-7-12-41(31-57-32-53)42-17-19-48(45(42)54)44-38(18-23-51)15-16-40(43(44)35(3)30-52)28-47(48,55)20-22-49-5/h7-13,15-16,25,30,38-40,42,44-45,49-51,53-55H,2,14,17-24,26-29,31-32H2,1,3-6H3/b9-7+,33-13+,41-12-,43-35?/t38-,39+,40-,42-,44-,45+,46-,47+,48+/m0/s1. The average molecular weight is 787 g/mol. The molecule has 9 heteroatoms. The first-order valence-electron chi connectivity index (χ1n) is 21.1. The highest BCUT2D eigenvalue weighted by atomic mass is 16.6. The maximum absolute atomic E-state index is 12.9. The van der Waals surface area contributed by atoms with E-state index in [0.717, 1.165) is 55.2 Å². The summed E-state index contributed by atoms with van der Waals surface area (Å²) in [5, 5.41) is 52.6. The van der Waals surface area contributed by atoms with Gasteiger partial charge in [-0.15, -0.1) is 0 Å². The number of nitrogens with one attached hydrogen (secondary N) is 2. The molecule has 1 aliphatic heterocycles. The van der Waals surface area contributed by atoms with E-state index in [1.807, 2.05) is 26.1 Å². The highest BCUT2D eigenvalue weighted by Gasteiger charge is 2.68. The highest BCUT2D eigenvalue weighted by Crippen LogP contribution is 2.67. The van der Waals surface area contributed by atoms with Crippen LogP contribution in [0.1, 0.15) is 76.8 Å². The number of carbonyl (C=O) groups is 1. The first-order chi connectivity index (χ1) is 27.4. The molecular formula is C48H70N2O7. The van der Waals surface area contributed by atoms with Crippen molar-refractivity contribution in [2.24, 2.45) is 35.0 Å². The van der Waals surface area contributed by atoms with Crippen LogP contribution in [0.25, 0.3) is 0 Å². The molecule has 2 fully saturated rings. The summed E-state index contributed by atoms with van der Waals surface area (Å²) >= 11 is 0. The molecule has 5 rings (SSSR count). The van der Waals surface area contributed by atoms with Crippen LogP contribution in [-0.4, -0.2) is 97.8 Å². The summed E-state index contributed by atoms with van der Waals surface area (Å²) in [6.07, 6.45) is 18.5. The van der Waals surface area contributed by atoms with E-state index in [4.69, 9.17) is 9.47 Å². The van der Waals surface area contributed by atoms with Crippen LogP contribution in [0.2, 0.25) is 0 Å². The molecule has 0 radical (unpaired) electrons. The second-order valence-electron chi connectivity index (χ2n) is 17.6. The van der Waals surface area contributed by atoms with Gasteiger partial charge in [0, 0.05) is 49.7 Å². The molecule has 1 aromatic carbocycles. The molecule has 6 N–H and O–H groups in total. The average Bonchev–Trinajstić information content (AvgIpc) is 3.54. The fourth-order valence-electron chi connectivity index (χ4n) is 10.8. The normalized spacial score (nSPS) is 35.1. The van der Waals surface area contributed by atoms with Gasteiger partial charge < -0.3 is 40.5 Å². The van der Waals surface area contributed by atoms with Crippen LogP contribution in [0.4, 0.5) is 0 Å². The third kappa shape index (κ3) is 10.1. The number of ether oxygens (including phenoxy) is 2. The lowest BCUT2D eigenvalue weighted by Crippen LogP contribution is -2.65. The van der Waals surface area contributed by atoms with Gasteiger partial charge in [0.1, 0.15) is 13.1 Å². The molecule has 57 heavy (non-hydrogen) atoms. The fraction of sp³-hybridized carbons (Fsp3) is 0.604. The monoisotopic (exact) mass is 787 g/mol. The molecule has 3 aliphatic carbocycles. The topological polar surface area (TPSA) is 141 Å². The number of benzene rings is 1. The summed E-state index contributed by atoms with van der Waals surface area (Å²) in [7, 11) is 3.62. The summed E-state index contributed by atoms with van der Waals surface area (Å²) in [5.74, 6) is -0.771. The first-order valence-corrected chi connectivity index (χ1v) is 21.1. The van der Waals surface area contributed by atoms with Crippen molar-refractivity contribution in [1.82, 2.24) is 10.6 Å². The van der Waals surface area contributed by atoms with Gasteiger partial charge in [-0.3, -0.25) is 4.79 Å². The van der Waals surface area contributed by atoms with Crippen molar-refractivity contribution in [2.75, 3.05) is 53.9 Å². The Kier molecular flexibility index (Phi) is 16.1. The van der Waals surface area contributed by atoms with Crippen molar-refractivity contribution < 1.29 is 34.7 Å². The Labute approximate surface area is 341 Å². The minimum Gasteiger partial charge on any atom is -0.396 e. The summed E-state index contributed by atoms with van der Waals surface area (Å²) in [6.45, 7) is 12.6. The van der Waals surface area contributed by atoms with Gasteiger partial charge in [-0.25, -0.2) is 0 Å². The number of allylic oxidation sites excluding steroid dienone is 9. The molecule has 4 aliphatic rings. The molecule has 0 aromatic heterocycles. The number of aliphatic hydroxyl groups is 4. The van der Waals surface area contributed by atoms with Crippen molar-refractivity contribution in [1.29, 1.82) is 0 Å². The molecule has 4 bridgehead atoms. The Hall–Kier alpha value is -2.99. The predicted molar refractivity (Wildman–Crippen MR) is 227 cm³/mol. The van der Waals surface area contributed by atoms with Gasteiger partial charge >= 0.3 is 0 Å². The molecule has 9 nitrogen and oxygen atoms in total. The minimum atomic E-state index is -1.23. The number of rotatable bonds is 16. The number of aliphatic hydroxyl groups excluding tert-OH is 3. The lowest BCUT2D eigenvalue weighted by atomic mass is 9.45. The van der Waals surface area contributed by atoms with Crippen molar-refractivity contribution >= 4 is 6.29 Å². The largest absolute Gasteiger partial charge is 0.396 e. The minimum absolute atomic E-state index is 0.0364. The third-order valence-electron chi connectivity index (χ3n) is 13.8. The summed E-state index contributed by atoms with van der Waals surface area (Å²) in [6, 6.07) is 8.89. The van der Waals surface area contributed by atoms with E-state index in [-0.39, 0.29) is 48.3 Å². The zero-order chi connectivity index (χ0) is 41.2. The lowest BCUT2D eigenvalue weighted by Gasteiger charge is -2.61. The van der Waals surface area contributed by atoms with Crippen LogP contribution in [0.15, 0.2) is 95.2 Å². The van der Waals surface area contributed by atoms with Crippen LogP contribution >= 0.6 is 0 Å². The van der Waals surface area contributed by atoms with E-state index in [9.17, 15) is 25.2 Å². The van der Waals surface area contributed by atoms with Crippen LogP contribution in [-0.2, 0) is 27.1 Å². The number of methoxy groups -OCH3 is 1. The zero-order valence-corrected chi connectivity index (χ0v) is 35.1. The Morgan fingerprint density at radius 2 is 1.96 bits per heavy atom. The second kappa shape index (κ2) is 20.3. The van der Waals surface area contributed by atoms with Crippen LogP contribution in [0.3, 0.4) is 0 Å². The lowest BCUT2D eigenvalue weighted by molar-refractivity contribution is -0.194. The molecular weight excluding hydrogens is 717 g/mol. The van der Waals surface area contributed by atoms with Crippen molar-refractivity contribution in [2.45, 2.75) is 95.8 Å². The Morgan fingerprint density at radius 1 is 1.18 bits per heavy atom. The smallest absolute Gasteiger partial charge is 0.145 e. The van der Waals surface area contributed by atoms with Crippen LogP contribution < -0.4 is 10.6 Å². The zero-order valence-electron chi connectivity index (χ0n) is 35.1. The number of carbonyl (C=O) groups excluding carboxylic acids is 1. The van der Waals surface area contributed by atoms with Gasteiger partial charge in [-0.2, -0.15) is 0 Å². The maximum Gasteiger partial charge on any atom is 0.145 e. The molecule has 1 heterocycles. The van der Waals surface area contributed by atoms with Gasteiger partial charge in [-0.05, 0) is 132 Å². The Morgan fingerprint density at radius 3 is 2.68 bits per heavy atom. The first kappa shape index (κ1) is 45.1. The number of hydrogen-bond donors (Lipinski definition) is 6. The van der Waals surface area contributed by atoms with E-state index in [1.54, 1.807) is 7.11 Å². The molecule has 0 amide bonds. The third-order valence-corrected chi connectivity index (χ3v) is 13.8. The van der Waals surface area contributed by atoms with E-state index in [2.05, 4.69) is 79.6 Å². The fourth-order valence-corrected chi connectivity index (χ4v) is 10.8. The number of fused-ring (bicyclic) bond motifs is 5. The Bertz CT molecular complexity index is 1700. The predicted octanol–water partition coefficient (Wildman–Crippen LogP) is 5.95. The van der Waals surface area contributed by atoms with E-state index in [0.29, 0.717) is 50.8 Å². The molecule has 0 unspecified atom stereocenters. The molecule has 0 saturated heterocycles. The summed E-state index contributed by atoms with van der Waals surface area (Å²) in [4.78, 5) is 12.4. The van der Waals surface area contributed by atoms with Gasteiger partial charge in [-0.1, -0.05) is 84.0 Å². The molecule has 1 aromatic rings. The molecule has 9 atom stereocenters. The van der Waals surface area contributed by atoms with Gasteiger partial charge in [0.05, 0.1) is 18.3 Å². The maximum atomic E-state index is 12.9. The molecule has 314 valence electrons. The van der Waals surface area contributed by atoms with Crippen molar-refractivity contribution in [3.05, 3.63) is 106 Å². The van der Waals surface area contributed by atoms with E-state index in [1.165, 1.54) is 16.7 Å². The van der Waals surface area contributed by atoms with Gasteiger partial charge in [0.2, 0.25) is 0 Å². The number of aldehydes is 1. The second-order valence-corrected chi connectivity index (χ2v) is 17.6. The molecule has 2 saturated carbocycles. The number of hydrogen-bond acceptors (Lipinski definition) is 9. The SMILES string of the molecule is C=C(/C=C/C=C(/COCO)[C@@H]1CC[C@]2([C@@H]1O)[C@@H]1C(=C(C)C=O)[C@@H](C=C[C@H]1CCO)C[C@]2(O)CCNC)[C@@H]1C/C=C(\C)CN[C@@](C)(CCOC)Cc2cccc(c2)C1. The van der Waals surface area contributed by atoms with E-state index >= 15 is 0 Å². The van der Waals surface area contributed by atoms with Crippen LogP contribution in [0.5, 0.6) is 0 Å². The highest BCUT2D eigenvalue weighted by molar-refractivity contribution is 5.74. The van der Waals surface area contributed by atoms with Crippen molar-refractivity contribution in [3.8, 4) is 0 Å². The quantitative estimate of drug-likeness (QED) is 0.0395. The van der Waals surface area contributed by atoms with Crippen LogP contribution in [0, 0.1) is 35.0 Å².